The number of terminal acetylenes is 1. The number of rotatable bonds is 6. The van der Waals surface area contributed by atoms with Gasteiger partial charge in [0.1, 0.15) is 5.54 Å². The molecule has 1 aliphatic rings. The number of aryl methyl sites for hydroxylation is 1. The Labute approximate surface area is 199 Å². The molecule has 5 nitrogen and oxygen atoms in total. The summed E-state index contributed by atoms with van der Waals surface area (Å²) >= 11 is 5.90. The molecule has 0 amide bonds. The van der Waals surface area contributed by atoms with E-state index in [1.54, 1.807) is 43.3 Å². The van der Waals surface area contributed by atoms with Gasteiger partial charge in [-0.25, -0.2) is 13.2 Å². The highest BCUT2D eigenvalue weighted by molar-refractivity contribution is 7.89. The molecule has 1 unspecified atom stereocenters. The van der Waals surface area contributed by atoms with Crippen LogP contribution in [0.15, 0.2) is 83.8 Å². The van der Waals surface area contributed by atoms with Crippen molar-refractivity contribution in [3.05, 3.63) is 101 Å². The fourth-order valence-corrected chi connectivity index (χ4v) is 6.16. The highest BCUT2D eigenvalue weighted by atomic mass is 35.5. The highest BCUT2D eigenvalue weighted by Gasteiger charge is 2.70. The number of esters is 1. The number of benzene rings is 3. The summed E-state index contributed by atoms with van der Waals surface area (Å²) in [6, 6.07) is 21.4. The van der Waals surface area contributed by atoms with E-state index in [1.807, 2.05) is 37.3 Å². The molecule has 7 heteroatoms. The lowest BCUT2D eigenvalue weighted by molar-refractivity contribution is 0.0328. The van der Waals surface area contributed by atoms with Crippen molar-refractivity contribution in [3.63, 3.8) is 0 Å². The van der Waals surface area contributed by atoms with Gasteiger partial charge in [0.25, 0.3) is 0 Å². The van der Waals surface area contributed by atoms with E-state index in [4.69, 9.17) is 22.8 Å². The van der Waals surface area contributed by atoms with Crippen molar-refractivity contribution in [1.29, 1.82) is 0 Å². The van der Waals surface area contributed by atoms with Gasteiger partial charge in [-0.05, 0) is 55.8 Å². The molecule has 1 fully saturated rings. The van der Waals surface area contributed by atoms with E-state index in [2.05, 4.69) is 5.92 Å². The van der Waals surface area contributed by atoms with Crippen molar-refractivity contribution in [2.75, 3.05) is 0 Å². The lowest BCUT2D eigenvalue weighted by Gasteiger charge is -2.20. The van der Waals surface area contributed by atoms with Gasteiger partial charge >= 0.3 is 5.97 Å². The predicted molar refractivity (Wildman–Crippen MR) is 127 cm³/mol. The number of carbonyl (C=O) groups is 1. The summed E-state index contributed by atoms with van der Waals surface area (Å²) in [4.78, 5) is 12.9. The van der Waals surface area contributed by atoms with Crippen LogP contribution in [0.25, 0.3) is 0 Å². The van der Waals surface area contributed by atoms with Crippen LogP contribution in [0.4, 0.5) is 0 Å². The Kier molecular flexibility index (Phi) is 6.06. The third kappa shape index (κ3) is 4.16. The van der Waals surface area contributed by atoms with E-state index in [0.29, 0.717) is 5.02 Å². The zero-order chi connectivity index (χ0) is 23.8. The SMILES string of the molecule is C#C[C@@H](OC(=O)c1ccc(Cl)cc1)[C@@]1(C)[C@H](c2ccccc2)N1S(=O)(=O)c1ccc(C)cc1. The van der Waals surface area contributed by atoms with Crippen LogP contribution in [-0.2, 0) is 14.8 Å². The normalized spacial score (nSPS) is 22.7. The van der Waals surface area contributed by atoms with Crippen molar-refractivity contribution in [2.45, 2.75) is 36.4 Å². The number of nitrogens with zero attached hydrogens (tertiary/aromatic N) is 1. The van der Waals surface area contributed by atoms with Gasteiger partial charge < -0.3 is 4.74 Å². The van der Waals surface area contributed by atoms with E-state index in [1.165, 1.54) is 16.4 Å². The Hall–Kier alpha value is -3.11. The van der Waals surface area contributed by atoms with Gasteiger partial charge in [0.05, 0.1) is 16.5 Å². The zero-order valence-corrected chi connectivity index (χ0v) is 19.7. The first-order chi connectivity index (χ1) is 15.7. The minimum atomic E-state index is -3.92. The molecule has 168 valence electrons. The van der Waals surface area contributed by atoms with E-state index in [-0.39, 0.29) is 10.5 Å². The van der Waals surface area contributed by atoms with Crippen molar-refractivity contribution in [2.24, 2.45) is 0 Å². The number of hydrogen-bond donors (Lipinski definition) is 0. The van der Waals surface area contributed by atoms with Gasteiger partial charge in [0.15, 0.2) is 6.10 Å². The highest BCUT2D eigenvalue weighted by Crippen LogP contribution is 2.59. The standard InChI is InChI=1S/C26H22ClNO4S/c1-4-23(32-25(29)20-12-14-21(27)15-13-20)26(3)24(19-8-6-5-7-9-19)28(26)33(30,31)22-16-10-18(2)11-17-22/h1,5-17,23-24H,2-3H3/t23-,24+,26+,28?/m1/s1. The van der Waals surface area contributed by atoms with Crippen LogP contribution in [0.1, 0.15) is 34.5 Å². The van der Waals surface area contributed by atoms with Crippen molar-refractivity contribution >= 4 is 27.6 Å². The first-order valence-electron chi connectivity index (χ1n) is 10.3. The largest absolute Gasteiger partial charge is 0.443 e. The Balaban J connectivity index is 1.72. The van der Waals surface area contributed by atoms with Gasteiger partial charge in [-0.3, -0.25) is 0 Å². The summed E-state index contributed by atoms with van der Waals surface area (Å²) in [6.07, 6.45) is 4.66. The van der Waals surface area contributed by atoms with Crippen molar-refractivity contribution in [3.8, 4) is 12.3 Å². The van der Waals surface area contributed by atoms with E-state index in [0.717, 1.165) is 11.1 Å². The Morgan fingerprint density at radius 2 is 1.67 bits per heavy atom. The molecule has 0 radical (unpaired) electrons. The predicted octanol–water partition coefficient (Wildman–Crippen LogP) is 5.01. The number of hydrogen-bond acceptors (Lipinski definition) is 4. The third-order valence-electron chi connectivity index (χ3n) is 5.88. The molecule has 0 aromatic heterocycles. The minimum Gasteiger partial charge on any atom is -0.443 e. The lowest BCUT2D eigenvalue weighted by Crippen LogP contribution is -2.36. The summed E-state index contributed by atoms with van der Waals surface area (Å²) in [5, 5.41) is 0.480. The Morgan fingerprint density at radius 3 is 2.24 bits per heavy atom. The van der Waals surface area contributed by atoms with E-state index in [9.17, 15) is 13.2 Å². The molecule has 0 spiro atoms. The van der Waals surface area contributed by atoms with E-state index < -0.39 is 33.7 Å². The van der Waals surface area contributed by atoms with Crippen LogP contribution in [0.5, 0.6) is 0 Å². The molecule has 4 atom stereocenters. The van der Waals surface area contributed by atoms with Crippen molar-refractivity contribution < 1.29 is 17.9 Å². The molecular formula is C26H22ClNO4S. The molecular weight excluding hydrogens is 458 g/mol. The summed E-state index contributed by atoms with van der Waals surface area (Å²) in [5.41, 5.74) is 0.814. The summed E-state index contributed by atoms with van der Waals surface area (Å²) in [5.74, 6) is 1.85. The molecule has 1 saturated heterocycles. The van der Waals surface area contributed by atoms with Crippen LogP contribution in [0, 0.1) is 19.3 Å². The maximum atomic E-state index is 13.6. The average Bonchev–Trinajstić information content (AvgIpc) is 3.46. The van der Waals surface area contributed by atoms with Crippen LogP contribution < -0.4 is 0 Å². The smallest absolute Gasteiger partial charge is 0.339 e. The summed E-state index contributed by atoms with van der Waals surface area (Å²) in [7, 11) is -3.92. The number of carbonyl (C=O) groups excluding carboxylic acids is 1. The van der Waals surface area contributed by atoms with Crippen molar-refractivity contribution in [1.82, 2.24) is 4.31 Å². The monoisotopic (exact) mass is 479 g/mol. The molecule has 0 N–H and O–H groups in total. The van der Waals surface area contributed by atoms with Crippen LogP contribution >= 0.6 is 11.6 Å². The van der Waals surface area contributed by atoms with Crippen LogP contribution in [0.3, 0.4) is 0 Å². The Morgan fingerprint density at radius 1 is 1.06 bits per heavy atom. The molecule has 1 heterocycles. The average molecular weight is 480 g/mol. The molecule has 4 rings (SSSR count). The fraction of sp³-hybridized carbons (Fsp3) is 0.192. The molecule has 0 saturated carbocycles. The van der Waals surface area contributed by atoms with Crippen LogP contribution in [-0.4, -0.2) is 30.3 Å². The molecule has 33 heavy (non-hydrogen) atoms. The molecule has 1 aliphatic heterocycles. The summed E-state index contributed by atoms with van der Waals surface area (Å²) in [6.45, 7) is 3.59. The quantitative estimate of drug-likeness (QED) is 0.283. The maximum absolute atomic E-state index is 13.6. The summed E-state index contributed by atoms with van der Waals surface area (Å²) < 4.78 is 34.2. The fourth-order valence-electron chi connectivity index (χ4n) is 4.05. The van der Waals surface area contributed by atoms with Gasteiger partial charge in [0.2, 0.25) is 10.0 Å². The first-order valence-corrected chi connectivity index (χ1v) is 12.1. The lowest BCUT2D eigenvalue weighted by atomic mass is 9.96. The molecule has 3 aromatic rings. The molecule has 0 bridgehead atoms. The second kappa shape index (κ2) is 8.68. The first kappa shape index (κ1) is 23.1. The number of ether oxygens (including phenoxy) is 1. The zero-order valence-electron chi connectivity index (χ0n) is 18.1. The second-order valence-electron chi connectivity index (χ2n) is 8.11. The van der Waals surface area contributed by atoms with Gasteiger partial charge in [-0.2, -0.15) is 4.31 Å². The minimum absolute atomic E-state index is 0.151. The maximum Gasteiger partial charge on any atom is 0.339 e. The Bertz CT molecular complexity index is 1320. The number of halogens is 1. The topological polar surface area (TPSA) is 63.5 Å². The number of sulfonamides is 1. The molecule has 0 aliphatic carbocycles. The van der Waals surface area contributed by atoms with Crippen LogP contribution in [0.2, 0.25) is 5.02 Å². The van der Waals surface area contributed by atoms with Gasteiger partial charge in [0, 0.05) is 5.02 Å². The third-order valence-corrected chi connectivity index (χ3v) is 8.12. The molecule has 3 aromatic carbocycles. The van der Waals surface area contributed by atoms with Gasteiger partial charge in [-0.1, -0.05) is 65.5 Å². The van der Waals surface area contributed by atoms with E-state index >= 15 is 0 Å². The second-order valence-corrected chi connectivity index (χ2v) is 10.4. The van der Waals surface area contributed by atoms with Gasteiger partial charge in [-0.15, -0.1) is 6.42 Å².